The maximum Gasteiger partial charge on any atom is 0.119 e. The molecule has 0 saturated carbocycles. The third-order valence-corrected chi connectivity index (χ3v) is 3.99. The summed E-state index contributed by atoms with van der Waals surface area (Å²) in [5.41, 5.74) is 9.84. The number of nitrogens with zero attached hydrogens (tertiary/aromatic N) is 1. The largest absolute Gasteiger partial charge is 0.497 e. The van der Waals surface area contributed by atoms with Crippen molar-refractivity contribution in [1.29, 1.82) is 0 Å². The summed E-state index contributed by atoms with van der Waals surface area (Å²) in [5, 5.41) is 0. The molecule has 0 radical (unpaired) electrons. The van der Waals surface area contributed by atoms with Gasteiger partial charge < -0.3 is 10.5 Å². The number of benzene rings is 1. The number of methoxy groups -OCH3 is 1. The first-order valence-corrected chi connectivity index (χ1v) is 6.61. The Morgan fingerprint density at radius 3 is 2.95 bits per heavy atom. The SMILES string of the molecule is COc1ccc2c(c1)C(N)(c1cccnc1)CCC2. The van der Waals surface area contributed by atoms with Gasteiger partial charge in [0.05, 0.1) is 12.6 Å². The Bertz CT molecular complexity index is 583. The number of hydrogen-bond acceptors (Lipinski definition) is 3. The summed E-state index contributed by atoms with van der Waals surface area (Å²) < 4.78 is 5.34. The Balaban J connectivity index is 2.15. The fourth-order valence-electron chi connectivity index (χ4n) is 2.93. The highest BCUT2D eigenvalue weighted by atomic mass is 16.5. The van der Waals surface area contributed by atoms with E-state index in [1.807, 2.05) is 18.3 Å². The minimum absolute atomic E-state index is 0.448. The van der Waals surface area contributed by atoms with E-state index < -0.39 is 5.54 Å². The van der Waals surface area contributed by atoms with Crippen LogP contribution >= 0.6 is 0 Å². The van der Waals surface area contributed by atoms with Crippen molar-refractivity contribution in [1.82, 2.24) is 4.98 Å². The van der Waals surface area contributed by atoms with Gasteiger partial charge in [-0.2, -0.15) is 0 Å². The number of pyridine rings is 1. The van der Waals surface area contributed by atoms with Gasteiger partial charge in [-0.25, -0.2) is 0 Å². The molecule has 0 spiro atoms. The van der Waals surface area contributed by atoms with Gasteiger partial charge in [-0.1, -0.05) is 12.1 Å². The van der Waals surface area contributed by atoms with Crippen LogP contribution in [0.1, 0.15) is 29.5 Å². The van der Waals surface area contributed by atoms with E-state index in [2.05, 4.69) is 23.2 Å². The molecule has 1 atom stereocenters. The average molecular weight is 254 g/mol. The molecule has 1 aromatic heterocycles. The summed E-state index contributed by atoms with van der Waals surface area (Å²) >= 11 is 0. The van der Waals surface area contributed by atoms with Crippen molar-refractivity contribution in [3.63, 3.8) is 0 Å². The van der Waals surface area contributed by atoms with E-state index >= 15 is 0 Å². The van der Waals surface area contributed by atoms with Crippen LogP contribution in [-0.2, 0) is 12.0 Å². The maximum atomic E-state index is 6.72. The molecule has 1 heterocycles. The van der Waals surface area contributed by atoms with Crippen molar-refractivity contribution in [3.05, 3.63) is 59.4 Å². The molecule has 3 nitrogen and oxygen atoms in total. The van der Waals surface area contributed by atoms with Gasteiger partial charge in [0.2, 0.25) is 0 Å². The van der Waals surface area contributed by atoms with Gasteiger partial charge in [-0.05, 0) is 54.2 Å². The summed E-state index contributed by atoms with van der Waals surface area (Å²) in [6, 6.07) is 10.2. The number of aromatic nitrogens is 1. The Kier molecular flexibility index (Phi) is 2.99. The molecule has 1 unspecified atom stereocenters. The van der Waals surface area contributed by atoms with Crippen molar-refractivity contribution < 1.29 is 4.74 Å². The summed E-state index contributed by atoms with van der Waals surface area (Å²) in [7, 11) is 1.69. The molecule has 0 amide bonds. The summed E-state index contributed by atoms with van der Waals surface area (Å²) in [4.78, 5) is 4.21. The van der Waals surface area contributed by atoms with Gasteiger partial charge in [0, 0.05) is 12.4 Å². The Morgan fingerprint density at radius 2 is 2.21 bits per heavy atom. The molecule has 0 fully saturated rings. The fraction of sp³-hybridized carbons (Fsp3) is 0.312. The molecule has 1 aliphatic rings. The van der Waals surface area contributed by atoms with E-state index in [4.69, 9.17) is 10.5 Å². The Morgan fingerprint density at radius 1 is 1.32 bits per heavy atom. The van der Waals surface area contributed by atoms with Gasteiger partial charge in [0.25, 0.3) is 0 Å². The number of rotatable bonds is 2. The van der Waals surface area contributed by atoms with Crippen LogP contribution in [0.2, 0.25) is 0 Å². The maximum absolute atomic E-state index is 6.72. The van der Waals surface area contributed by atoms with Crippen molar-refractivity contribution in [2.75, 3.05) is 7.11 Å². The average Bonchev–Trinajstić information content (AvgIpc) is 2.48. The topological polar surface area (TPSA) is 48.1 Å². The molecule has 3 heteroatoms. The lowest BCUT2D eigenvalue weighted by Gasteiger charge is -2.36. The first-order chi connectivity index (χ1) is 9.24. The quantitative estimate of drug-likeness (QED) is 0.896. The fourth-order valence-corrected chi connectivity index (χ4v) is 2.93. The second-order valence-electron chi connectivity index (χ2n) is 5.09. The first-order valence-electron chi connectivity index (χ1n) is 6.61. The van der Waals surface area contributed by atoms with E-state index in [9.17, 15) is 0 Å². The smallest absolute Gasteiger partial charge is 0.119 e. The van der Waals surface area contributed by atoms with E-state index in [-0.39, 0.29) is 0 Å². The van der Waals surface area contributed by atoms with E-state index in [1.165, 1.54) is 11.1 Å². The molecular weight excluding hydrogens is 236 g/mol. The monoisotopic (exact) mass is 254 g/mol. The van der Waals surface area contributed by atoms with Gasteiger partial charge >= 0.3 is 0 Å². The standard InChI is InChI=1S/C16H18N2O/c1-19-14-7-6-12-4-2-8-16(17,15(12)10-14)13-5-3-9-18-11-13/h3,5-7,9-11H,2,4,8,17H2,1H3. The minimum Gasteiger partial charge on any atom is -0.497 e. The highest BCUT2D eigenvalue weighted by Crippen LogP contribution is 2.39. The molecule has 19 heavy (non-hydrogen) atoms. The van der Waals surface area contributed by atoms with Crippen LogP contribution in [0.3, 0.4) is 0 Å². The lowest BCUT2D eigenvalue weighted by molar-refractivity contribution is 0.404. The normalized spacial score (nSPS) is 21.8. The molecule has 98 valence electrons. The van der Waals surface area contributed by atoms with Crippen LogP contribution in [0.15, 0.2) is 42.7 Å². The second kappa shape index (κ2) is 4.67. The minimum atomic E-state index is -0.448. The first kappa shape index (κ1) is 12.2. The lowest BCUT2D eigenvalue weighted by atomic mass is 9.73. The van der Waals surface area contributed by atoms with Crippen LogP contribution in [0, 0.1) is 0 Å². The molecule has 0 saturated heterocycles. The van der Waals surface area contributed by atoms with Crippen molar-refractivity contribution in [2.24, 2.45) is 5.73 Å². The van der Waals surface area contributed by atoms with E-state index in [0.717, 1.165) is 30.6 Å². The van der Waals surface area contributed by atoms with Crippen LogP contribution in [0.5, 0.6) is 5.75 Å². The molecular formula is C16H18N2O. The molecule has 1 aromatic carbocycles. The van der Waals surface area contributed by atoms with Crippen LogP contribution in [0.4, 0.5) is 0 Å². The Hall–Kier alpha value is -1.87. The van der Waals surface area contributed by atoms with E-state index in [0.29, 0.717) is 0 Å². The molecule has 0 aliphatic heterocycles. The second-order valence-corrected chi connectivity index (χ2v) is 5.09. The zero-order valence-corrected chi connectivity index (χ0v) is 11.1. The van der Waals surface area contributed by atoms with Crippen LogP contribution in [-0.4, -0.2) is 12.1 Å². The molecule has 1 aliphatic carbocycles. The number of hydrogen-bond donors (Lipinski definition) is 1. The zero-order valence-electron chi connectivity index (χ0n) is 11.1. The number of fused-ring (bicyclic) bond motifs is 1. The predicted molar refractivity (Wildman–Crippen MR) is 75.1 cm³/mol. The molecule has 0 bridgehead atoms. The van der Waals surface area contributed by atoms with Crippen LogP contribution in [0.25, 0.3) is 0 Å². The van der Waals surface area contributed by atoms with Gasteiger partial charge in [0.15, 0.2) is 0 Å². The Labute approximate surface area is 113 Å². The van der Waals surface area contributed by atoms with Crippen molar-refractivity contribution in [3.8, 4) is 5.75 Å². The number of ether oxygens (including phenoxy) is 1. The van der Waals surface area contributed by atoms with Gasteiger partial charge in [-0.3, -0.25) is 4.98 Å². The van der Waals surface area contributed by atoms with Gasteiger partial charge in [0.1, 0.15) is 5.75 Å². The summed E-state index contributed by atoms with van der Waals surface area (Å²) in [5.74, 6) is 0.861. The van der Waals surface area contributed by atoms with Crippen molar-refractivity contribution >= 4 is 0 Å². The van der Waals surface area contributed by atoms with Crippen molar-refractivity contribution in [2.45, 2.75) is 24.8 Å². The molecule has 2 N–H and O–H groups in total. The van der Waals surface area contributed by atoms with E-state index in [1.54, 1.807) is 13.3 Å². The lowest BCUT2D eigenvalue weighted by Crippen LogP contribution is -2.41. The highest BCUT2D eigenvalue weighted by molar-refractivity contribution is 5.47. The summed E-state index contributed by atoms with van der Waals surface area (Å²) in [6.45, 7) is 0. The molecule has 3 rings (SSSR count). The third kappa shape index (κ3) is 2.00. The zero-order chi connectivity index (χ0) is 13.3. The highest BCUT2D eigenvalue weighted by Gasteiger charge is 2.34. The van der Waals surface area contributed by atoms with Gasteiger partial charge in [-0.15, -0.1) is 0 Å². The molecule has 2 aromatic rings. The predicted octanol–water partition coefficient (Wildman–Crippen LogP) is 2.63. The summed E-state index contributed by atoms with van der Waals surface area (Å²) in [6.07, 6.45) is 6.78. The number of nitrogens with two attached hydrogens (primary N) is 1. The third-order valence-electron chi connectivity index (χ3n) is 3.99. The van der Waals surface area contributed by atoms with Crippen LogP contribution < -0.4 is 10.5 Å². The number of aryl methyl sites for hydroxylation is 1.